The van der Waals surface area contributed by atoms with Gasteiger partial charge in [-0.15, -0.1) is 0 Å². The predicted molar refractivity (Wildman–Crippen MR) is 112 cm³/mol. The highest BCUT2D eigenvalue weighted by Gasteiger charge is 2.16. The molecule has 0 atom stereocenters. The Bertz CT molecular complexity index is 965. The number of nitrogens with zero attached hydrogens (tertiary/aromatic N) is 4. The Kier molecular flexibility index (Phi) is 5.25. The van der Waals surface area contributed by atoms with Crippen molar-refractivity contribution in [2.24, 2.45) is 0 Å². The van der Waals surface area contributed by atoms with Crippen LogP contribution in [0, 0.1) is 6.92 Å². The van der Waals surface area contributed by atoms with Crippen LogP contribution in [0.3, 0.4) is 0 Å². The first-order valence-electron chi connectivity index (χ1n) is 9.20. The number of benzene rings is 1. The fourth-order valence-electron chi connectivity index (χ4n) is 3.03. The number of rotatable bonds is 4. The highest BCUT2D eigenvalue weighted by molar-refractivity contribution is 6.03. The van der Waals surface area contributed by atoms with Crippen molar-refractivity contribution in [1.29, 1.82) is 0 Å². The number of carbonyl (C=O) groups excluding carboxylic acids is 1. The van der Waals surface area contributed by atoms with Crippen molar-refractivity contribution >= 4 is 17.4 Å². The third-order valence-corrected chi connectivity index (χ3v) is 4.58. The van der Waals surface area contributed by atoms with E-state index < -0.39 is 0 Å². The van der Waals surface area contributed by atoms with Crippen molar-refractivity contribution in [3.05, 3.63) is 66.2 Å². The van der Waals surface area contributed by atoms with Gasteiger partial charge in [-0.3, -0.25) is 9.78 Å². The van der Waals surface area contributed by atoms with Crippen molar-refractivity contribution in [2.45, 2.75) is 6.92 Å². The molecule has 4 rings (SSSR count). The summed E-state index contributed by atoms with van der Waals surface area (Å²) in [4.78, 5) is 28.2. The molecule has 0 saturated carbocycles. The fourth-order valence-corrected chi connectivity index (χ4v) is 3.03. The van der Waals surface area contributed by atoms with Crippen molar-refractivity contribution in [1.82, 2.24) is 15.0 Å². The molecule has 0 aliphatic carbocycles. The number of para-hydroxylation sites is 1. The van der Waals surface area contributed by atoms with Gasteiger partial charge in [0.25, 0.3) is 5.91 Å². The Morgan fingerprint density at radius 3 is 2.57 bits per heavy atom. The van der Waals surface area contributed by atoms with Crippen LogP contribution in [0.1, 0.15) is 19.0 Å². The van der Waals surface area contributed by atoms with Gasteiger partial charge in [0.15, 0.2) is 0 Å². The average molecular weight is 379 g/mol. The maximum atomic E-state index is 12.6. The van der Waals surface area contributed by atoms with Gasteiger partial charge >= 0.3 is 0 Å². The van der Waals surface area contributed by atoms with E-state index in [0.717, 1.165) is 30.2 Å². The zero-order valence-corrected chi connectivity index (χ0v) is 15.6. The van der Waals surface area contributed by atoms with E-state index in [2.05, 4.69) is 25.2 Å². The Hall–Kier alpha value is -3.32. The molecule has 0 spiro atoms. The number of pyridine rings is 1. The molecule has 1 aromatic carbocycles. The highest BCUT2D eigenvalue weighted by Crippen LogP contribution is 2.21. The van der Waals surface area contributed by atoms with Crippen LogP contribution in [0.5, 0.6) is 0 Å². The van der Waals surface area contributed by atoms with Gasteiger partial charge in [0.2, 0.25) is 0 Å². The molecule has 0 bridgehead atoms. The molecule has 1 saturated heterocycles. The second-order valence-corrected chi connectivity index (χ2v) is 6.51. The molecule has 1 aliphatic rings. The van der Waals surface area contributed by atoms with E-state index in [1.54, 1.807) is 19.3 Å². The number of ether oxygens (including phenoxy) is 1. The van der Waals surface area contributed by atoms with Crippen LogP contribution in [0.15, 0.2) is 54.9 Å². The molecular formula is C21H25N5O2. The van der Waals surface area contributed by atoms with Crippen molar-refractivity contribution in [3.8, 4) is 11.3 Å². The summed E-state index contributed by atoms with van der Waals surface area (Å²) in [5, 5.41) is 2.85. The largest absolute Gasteiger partial charge is 0.378 e. The van der Waals surface area contributed by atoms with Gasteiger partial charge in [-0.1, -0.05) is 18.2 Å². The van der Waals surface area contributed by atoms with E-state index in [4.69, 9.17) is 4.74 Å². The average Bonchev–Trinajstić information content (AvgIpc) is 2.75. The standard InChI is InChI=1S/C21H21N5O2.2H2/c1-15-20(21(27)24-17-5-3-2-4-6-17)25-18(14-22-15)16-7-8-19(23-13-16)26-9-11-28-12-10-26;;/h2-8,13-14H,9-12H2,1H3,(H,24,27);2*1H. The molecular weight excluding hydrogens is 354 g/mol. The second-order valence-electron chi connectivity index (χ2n) is 6.51. The first kappa shape index (κ1) is 18.1. The van der Waals surface area contributed by atoms with E-state index >= 15 is 0 Å². The molecule has 1 amide bonds. The Morgan fingerprint density at radius 2 is 1.86 bits per heavy atom. The number of carbonyl (C=O) groups is 1. The second kappa shape index (κ2) is 8.14. The Labute approximate surface area is 166 Å². The molecule has 1 fully saturated rings. The zero-order chi connectivity index (χ0) is 19.3. The quantitative estimate of drug-likeness (QED) is 0.748. The van der Waals surface area contributed by atoms with Gasteiger partial charge in [0.05, 0.1) is 30.8 Å². The maximum Gasteiger partial charge on any atom is 0.276 e. The third kappa shape index (κ3) is 3.99. The Morgan fingerprint density at radius 1 is 1.07 bits per heavy atom. The first-order valence-corrected chi connectivity index (χ1v) is 9.20. The predicted octanol–water partition coefficient (Wildman–Crippen LogP) is 3.43. The number of aryl methyl sites for hydroxylation is 1. The summed E-state index contributed by atoms with van der Waals surface area (Å²) in [6.45, 7) is 4.87. The molecule has 146 valence electrons. The number of aromatic nitrogens is 3. The smallest absolute Gasteiger partial charge is 0.276 e. The molecule has 2 aromatic heterocycles. The fraction of sp³-hybridized carbons (Fsp3) is 0.238. The lowest BCUT2D eigenvalue weighted by Gasteiger charge is -2.27. The first-order chi connectivity index (χ1) is 13.7. The van der Waals surface area contributed by atoms with Crippen LogP contribution >= 0.6 is 0 Å². The van der Waals surface area contributed by atoms with Crippen LogP contribution in [-0.4, -0.2) is 47.2 Å². The van der Waals surface area contributed by atoms with E-state index in [0.29, 0.717) is 30.3 Å². The van der Waals surface area contributed by atoms with Gasteiger partial charge in [0, 0.05) is 33.4 Å². The van der Waals surface area contributed by atoms with Gasteiger partial charge in [-0.2, -0.15) is 0 Å². The van der Waals surface area contributed by atoms with Crippen LogP contribution < -0.4 is 10.2 Å². The molecule has 1 N–H and O–H groups in total. The number of morpholine rings is 1. The van der Waals surface area contributed by atoms with E-state index in [-0.39, 0.29) is 8.76 Å². The minimum absolute atomic E-state index is 0. The minimum atomic E-state index is -0.282. The lowest BCUT2D eigenvalue weighted by molar-refractivity contribution is 0.102. The SMILES string of the molecule is Cc1ncc(-c2ccc(N3CCOCC3)nc2)nc1C(=O)Nc1ccccc1.[HH].[HH]. The molecule has 7 heteroatoms. The zero-order valence-electron chi connectivity index (χ0n) is 15.6. The van der Waals surface area contributed by atoms with E-state index in [1.165, 1.54) is 0 Å². The van der Waals surface area contributed by atoms with Crippen LogP contribution in [0.4, 0.5) is 11.5 Å². The normalized spacial score (nSPS) is 14.0. The molecule has 1 aliphatic heterocycles. The molecule has 28 heavy (non-hydrogen) atoms. The maximum absolute atomic E-state index is 12.6. The van der Waals surface area contributed by atoms with Gasteiger partial charge in [-0.05, 0) is 31.2 Å². The summed E-state index contributed by atoms with van der Waals surface area (Å²) >= 11 is 0. The van der Waals surface area contributed by atoms with E-state index in [9.17, 15) is 4.79 Å². The number of amides is 1. The van der Waals surface area contributed by atoms with Crippen LogP contribution in [0.25, 0.3) is 11.3 Å². The summed E-state index contributed by atoms with van der Waals surface area (Å²) in [6, 6.07) is 13.2. The summed E-state index contributed by atoms with van der Waals surface area (Å²) in [5.41, 5.74) is 3.03. The van der Waals surface area contributed by atoms with Crippen molar-refractivity contribution in [2.75, 3.05) is 36.5 Å². The van der Waals surface area contributed by atoms with Gasteiger partial charge in [0.1, 0.15) is 11.5 Å². The molecule has 3 aromatic rings. The number of hydrogen-bond donors (Lipinski definition) is 1. The summed E-state index contributed by atoms with van der Waals surface area (Å²) in [5.74, 6) is 0.630. The topological polar surface area (TPSA) is 80.2 Å². The lowest BCUT2D eigenvalue weighted by atomic mass is 10.2. The third-order valence-electron chi connectivity index (χ3n) is 4.58. The van der Waals surface area contributed by atoms with E-state index in [1.807, 2.05) is 42.5 Å². The summed E-state index contributed by atoms with van der Waals surface area (Å²) < 4.78 is 5.38. The number of hydrogen-bond acceptors (Lipinski definition) is 6. The van der Waals surface area contributed by atoms with Crippen molar-refractivity contribution in [3.63, 3.8) is 0 Å². The summed E-state index contributed by atoms with van der Waals surface area (Å²) in [7, 11) is 0. The summed E-state index contributed by atoms with van der Waals surface area (Å²) in [6.07, 6.45) is 3.43. The molecule has 7 nitrogen and oxygen atoms in total. The molecule has 3 heterocycles. The van der Waals surface area contributed by atoms with Crippen LogP contribution in [0.2, 0.25) is 0 Å². The monoisotopic (exact) mass is 379 g/mol. The molecule has 0 unspecified atom stereocenters. The van der Waals surface area contributed by atoms with Crippen molar-refractivity contribution < 1.29 is 12.4 Å². The number of anilines is 2. The van der Waals surface area contributed by atoms with Gasteiger partial charge in [-0.25, -0.2) is 9.97 Å². The minimum Gasteiger partial charge on any atom is -0.378 e. The highest BCUT2D eigenvalue weighted by atomic mass is 16.5. The molecule has 0 radical (unpaired) electrons. The Balaban J connectivity index is 0.00000160. The van der Waals surface area contributed by atoms with Crippen LogP contribution in [-0.2, 0) is 4.74 Å². The number of nitrogens with one attached hydrogen (secondary N) is 1. The lowest BCUT2D eigenvalue weighted by Crippen LogP contribution is -2.36. The van der Waals surface area contributed by atoms with Gasteiger partial charge < -0.3 is 15.0 Å².